The first kappa shape index (κ1) is 18.5. The maximum absolute atomic E-state index is 12.9. The molecule has 0 bridgehead atoms. The van der Waals surface area contributed by atoms with E-state index in [1.54, 1.807) is 6.20 Å². The van der Waals surface area contributed by atoms with E-state index in [0.717, 1.165) is 37.4 Å². The average Bonchev–Trinajstić information content (AvgIpc) is 3.12. The minimum atomic E-state index is -4.52. The topological polar surface area (TPSA) is 77.1 Å². The number of H-pyrrole nitrogens is 1. The summed E-state index contributed by atoms with van der Waals surface area (Å²) in [5, 5.41) is 22.8. The molecule has 3 N–H and O–H groups in total. The van der Waals surface area contributed by atoms with E-state index in [4.69, 9.17) is 0 Å². The summed E-state index contributed by atoms with van der Waals surface area (Å²) in [6, 6.07) is 4.93. The normalized spacial score (nSPS) is 18.5. The molecule has 1 aliphatic heterocycles. The number of aromatic nitrogens is 3. The monoisotopic (exact) mass is 391 g/mol. The lowest BCUT2D eigenvalue weighted by Gasteiger charge is -2.30. The number of aromatic hydroxyl groups is 1. The van der Waals surface area contributed by atoms with Gasteiger partial charge in [0.15, 0.2) is 5.82 Å². The lowest BCUT2D eigenvalue weighted by molar-refractivity contribution is -0.137. The zero-order valence-electron chi connectivity index (χ0n) is 15.2. The van der Waals surface area contributed by atoms with Gasteiger partial charge in [0.05, 0.1) is 11.1 Å². The third-order valence-electron chi connectivity index (χ3n) is 5.03. The minimum absolute atomic E-state index is 0.192. The molecule has 1 aromatic carbocycles. The Morgan fingerprint density at radius 2 is 2.07 bits per heavy atom. The molecule has 2 aromatic heterocycles. The lowest BCUT2D eigenvalue weighted by atomic mass is 10.0. The van der Waals surface area contributed by atoms with E-state index in [1.165, 1.54) is 6.07 Å². The zero-order chi connectivity index (χ0) is 19.9. The van der Waals surface area contributed by atoms with Crippen molar-refractivity contribution in [1.82, 2.24) is 20.1 Å². The van der Waals surface area contributed by atoms with Crippen LogP contribution in [0.3, 0.4) is 0 Å². The molecule has 1 saturated heterocycles. The van der Waals surface area contributed by atoms with Crippen LogP contribution in [0.2, 0.25) is 0 Å². The molecule has 3 heterocycles. The highest BCUT2D eigenvalue weighted by molar-refractivity contribution is 5.98. The lowest BCUT2D eigenvalue weighted by Crippen LogP contribution is -2.40. The molecule has 6 nitrogen and oxygen atoms in total. The van der Waals surface area contributed by atoms with Crippen molar-refractivity contribution in [3.05, 3.63) is 36.0 Å². The van der Waals surface area contributed by atoms with Crippen molar-refractivity contribution < 1.29 is 18.3 Å². The van der Waals surface area contributed by atoms with Gasteiger partial charge in [-0.1, -0.05) is 0 Å². The van der Waals surface area contributed by atoms with E-state index in [9.17, 15) is 18.3 Å². The first-order valence-electron chi connectivity index (χ1n) is 9.02. The van der Waals surface area contributed by atoms with E-state index < -0.39 is 17.5 Å². The maximum Gasteiger partial charge on any atom is 0.416 e. The van der Waals surface area contributed by atoms with Gasteiger partial charge in [0.2, 0.25) is 0 Å². The van der Waals surface area contributed by atoms with Crippen molar-refractivity contribution in [2.24, 2.45) is 0 Å². The van der Waals surface area contributed by atoms with Crippen LogP contribution in [0.1, 0.15) is 18.4 Å². The summed E-state index contributed by atoms with van der Waals surface area (Å²) in [7, 11) is 2.07. The summed E-state index contributed by atoms with van der Waals surface area (Å²) in [5.41, 5.74) is 0.190. The molecule has 1 fully saturated rings. The van der Waals surface area contributed by atoms with Crippen molar-refractivity contribution in [1.29, 1.82) is 0 Å². The van der Waals surface area contributed by atoms with Gasteiger partial charge >= 0.3 is 6.18 Å². The van der Waals surface area contributed by atoms with Crippen LogP contribution in [0.5, 0.6) is 5.75 Å². The number of nitrogens with one attached hydrogen (secondary N) is 2. The van der Waals surface area contributed by atoms with Gasteiger partial charge in [-0.25, -0.2) is 0 Å². The molecule has 0 unspecified atom stereocenters. The number of rotatable bonds is 3. The number of aromatic amines is 1. The van der Waals surface area contributed by atoms with Gasteiger partial charge in [0.1, 0.15) is 11.4 Å². The van der Waals surface area contributed by atoms with Crippen LogP contribution in [0.4, 0.5) is 19.0 Å². The van der Waals surface area contributed by atoms with E-state index >= 15 is 0 Å². The summed E-state index contributed by atoms with van der Waals surface area (Å²) >= 11 is 0. The van der Waals surface area contributed by atoms with Crippen LogP contribution in [0, 0.1) is 0 Å². The van der Waals surface area contributed by atoms with Crippen LogP contribution < -0.4 is 5.32 Å². The smallest absolute Gasteiger partial charge is 0.416 e. The summed E-state index contributed by atoms with van der Waals surface area (Å²) in [5.74, 6) is 0.126. The molecule has 4 rings (SSSR count). The van der Waals surface area contributed by atoms with Crippen LogP contribution >= 0.6 is 0 Å². The van der Waals surface area contributed by atoms with Gasteiger partial charge in [-0.15, -0.1) is 10.2 Å². The zero-order valence-corrected chi connectivity index (χ0v) is 15.2. The molecule has 148 valence electrons. The van der Waals surface area contributed by atoms with Crippen LogP contribution in [-0.2, 0) is 6.18 Å². The summed E-state index contributed by atoms with van der Waals surface area (Å²) in [6.45, 7) is 1.96. The molecule has 0 saturated carbocycles. The van der Waals surface area contributed by atoms with Crippen LogP contribution in [0.25, 0.3) is 22.2 Å². The number of fused-ring (bicyclic) bond motifs is 1. The van der Waals surface area contributed by atoms with Crippen molar-refractivity contribution in [3.63, 3.8) is 0 Å². The van der Waals surface area contributed by atoms with Crippen LogP contribution in [-0.4, -0.2) is 51.4 Å². The summed E-state index contributed by atoms with van der Waals surface area (Å²) < 4.78 is 38.6. The Labute approximate surface area is 159 Å². The predicted octanol–water partition coefficient (Wildman–Crippen LogP) is 3.86. The number of hydrogen-bond donors (Lipinski definition) is 3. The van der Waals surface area contributed by atoms with Gasteiger partial charge in [0.25, 0.3) is 0 Å². The molecule has 0 amide bonds. The number of phenolic OH excluding ortho intramolecular Hbond substituents is 1. The molecule has 9 heteroatoms. The Bertz CT molecular complexity index is 1000. The number of nitrogens with zero attached hydrogens (tertiary/aromatic N) is 3. The largest absolute Gasteiger partial charge is 0.507 e. The number of phenols is 1. The van der Waals surface area contributed by atoms with Crippen LogP contribution in [0.15, 0.2) is 30.5 Å². The quantitative estimate of drug-likeness (QED) is 0.632. The fraction of sp³-hybridized carbons (Fsp3) is 0.368. The van der Waals surface area contributed by atoms with E-state index in [2.05, 4.69) is 32.4 Å². The fourth-order valence-corrected chi connectivity index (χ4v) is 3.65. The Balaban J connectivity index is 1.70. The minimum Gasteiger partial charge on any atom is -0.507 e. The Morgan fingerprint density at radius 3 is 2.79 bits per heavy atom. The number of halogens is 3. The van der Waals surface area contributed by atoms with E-state index in [0.29, 0.717) is 23.1 Å². The Morgan fingerprint density at radius 1 is 1.25 bits per heavy atom. The molecule has 0 radical (unpaired) electrons. The molecule has 0 aliphatic carbocycles. The van der Waals surface area contributed by atoms with Gasteiger partial charge in [-0.05, 0) is 50.7 Å². The second-order valence-electron chi connectivity index (χ2n) is 7.14. The molecular weight excluding hydrogens is 371 g/mol. The summed E-state index contributed by atoms with van der Waals surface area (Å²) in [6.07, 6.45) is -0.685. The third kappa shape index (κ3) is 3.49. The molecule has 1 aliphatic rings. The highest BCUT2D eigenvalue weighted by Gasteiger charge is 2.31. The first-order valence-corrected chi connectivity index (χ1v) is 9.02. The number of alkyl halides is 3. The Kier molecular flexibility index (Phi) is 4.62. The third-order valence-corrected chi connectivity index (χ3v) is 5.03. The molecule has 1 atom stereocenters. The number of anilines is 1. The number of benzene rings is 1. The van der Waals surface area contributed by atoms with Crippen molar-refractivity contribution in [2.45, 2.75) is 25.1 Å². The second kappa shape index (κ2) is 6.97. The van der Waals surface area contributed by atoms with E-state index in [-0.39, 0.29) is 11.6 Å². The number of hydrogen-bond acceptors (Lipinski definition) is 5. The number of likely N-dealkylation sites (N-methyl/N-ethyl adjacent to an activating group) is 1. The average molecular weight is 391 g/mol. The van der Waals surface area contributed by atoms with Crippen molar-refractivity contribution in [3.8, 4) is 17.0 Å². The standard InChI is InChI=1S/C19H20F3N5O/c1-27-8-2-3-12(10-27)24-18-14-6-7-23-16(14)17(25-26-18)13-5-4-11(9-15(13)28)19(20,21)22/h4-7,9,12,23,28H,2-3,8,10H2,1H3,(H,24,26)/t12-/m1/s1. The van der Waals surface area contributed by atoms with Gasteiger partial charge in [-0.2, -0.15) is 13.2 Å². The Hall–Kier alpha value is -2.81. The van der Waals surface area contributed by atoms with Crippen molar-refractivity contribution >= 4 is 16.7 Å². The molecule has 3 aromatic rings. The first-order chi connectivity index (χ1) is 13.3. The fourth-order valence-electron chi connectivity index (χ4n) is 3.65. The maximum atomic E-state index is 12.9. The number of piperidine rings is 1. The highest BCUT2D eigenvalue weighted by atomic mass is 19.4. The van der Waals surface area contributed by atoms with E-state index in [1.807, 2.05) is 6.07 Å². The highest BCUT2D eigenvalue weighted by Crippen LogP contribution is 2.38. The molecule has 28 heavy (non-hydrogen) atoms. The van der Waals surface area contributed by atoms with Gasteiger partial charge in [-0.3, -0.25) is 0 Å². The van der Waals surface area contributed by atoms with Crippen molar-refractivity contribution in [2.75, 3.05) is 25.5 Å². The second-order valence-corrected chi connectivity index (χ2v) is 7.14. The molecular formula is C19H20F3N5O. The number of likely N-dealkylation sites (tertiary alicyclic amines) is 1. The van der Waals surface area contributed by atoms with Gasteiger partial charge < -0.3 is 20.3 Å². The SMILES string of the molecule is CN1CCC[C@@H](Nc2nnc(-c3ccc(C(F)(F)F)cc3O)c3[nH]ccc23)C1. The molecule has 0 spiro atoms. The predicted molar refractivity (Wildman–Crippen MR) is 100 cm³/mol. The summed E-state index contributed by atoms with van der Waals surface area (Å²) in [4.78, 5) is 5.31. The van der Waals surface area contributed by atoms with Gasteiger partial charge in [0, 0.05) is 29.7 Å².